The number of hydrogen-bond donors (Lipinski definition) is 3. The maximum Gasteiger partial charge on any atom is 0.255 e. The van der Waals surface area contributed by atoms with Crippen LogP contribution in [0.4, 0.5) is 15.8 Å². The SMILES string of the molecule is CC(C)(O)[C@H](F)CNC(=O)c1cnc(Br)cc1Nc1ccc(Cl)nc1. The lowest BCUT2D eigenvalue weighted by Gasteiger charge is -2.22. The highest BCUT2D eigenvalue weighted by atomic mass is 79.9. The highest BCUT2D eigenvalue weighted by Crippen LogP contribution is 2.24. The minimum Gasteiger partial charge on any atom is -0.387 e. The Kier molecular flexibility index (Phi) is 6.31. The van der Waals surface area contributed by atoms with Crippen LogP contribution in [0, 0.1) is 0 Å². The Hall–Kier alpha value is -1.77. The molecule has 9 heteroatoms. The van der Waals surface area contributed by atoms with E-state index in [9.17, 15) is 14.3 Å². The van der Waals surface area contributed by atoms with Crippen molar-refractivity contribution in [3.63, 3.8) is 0 Å². The Morgan fingerprint density at radius 2 is 2.12 bits per heavy atom. The van der Waals surface area contributed by atoms with Crippen LogP contribution in [0.5, 0.6) is 0 Å². The van der Waals surface area contributed by atoms with Gasteiger partial charge in [0.25, 0.3) is 5.91 Å². The van der Waals surface area contributed by atoms with E-state index in [-0.39, 0.29) is 12.1 Å². The summed E-state index contributed by atoms with van der Waals surface area (Å²) in [5.74, 6) is -0.517. The molecule has 0 unspecified atom stereocenters. The third kappa shape index (κ3) is 5.62. The van der Waals surface area contributed by atoms with E-state index in [2.05, 4.69) is 36.5 Å². The number of alkyl halides is 1. The molecule has 134 valence electrons. The van der Waals surface area contributed by atoms with Crippen molar-refractivity contribution in [3.8, 4) is 0 Å². The standard InChI is InChI=1S/C16H17BrClFN4O2/c1-16(2,25)12(19)8-22-15(24)10-7-20-13(17)5-11(10)23-9-3-4-14(18)21-6-9/h3-7,12,25H,8H2,1-2H3,(H,20,23)(H,22,24)/t12-/m1/s1. The van der Waals surface area contributed by atoms with Crippen molar-refractivity contribution < 1.29 is 14.3 Å². The molecule has 0 aromatic carbocycles. The smallest absolute Gasteiger partial charge is 0.255 e. The average molecular weight is 432 g/mol. The van der Waals surface area contributed by atoms with E-state index in [0.717, 1.165) is 0 Å². The van der Waals surface area contributed by atoms with E-state index >= 15 is 0 Å². The summed E-state index contributed by atoms with van der Waals surface area (Å²) in [6, 6.07) is 4.93. The number of nitrogens with zero attached hydrogens (tertiary/aromatic N) is 2. The van der Waals surface area contributed by atoms with Crippen LogP contribution in [0.2, 0.25) is 5.15 Å². The zero-order valence-corrected chi connectivity index (χ0v) is 15.9. The lowest BCUT2D eigenvalue weighted by molar-refractivity contribution is -0.00177. The van der Waals surface area contributed by atoms with Crippen LogP contribution in [0.15, 0.2) is 35.2 Å². The second kappa shape index (κ2) is 8.07. The van der Waals surface area contributed by atoms with Crippen molar-refractivity contribution in [1.82, 2.24) is 15.3 Å². The number of pyridine rings is 2. The summed E-state index contributed by atoms with van der Waals surface area (Å²) in [7, 11) is 0. The number of aromatic nitrogens is 2. The molecule has 2 aromatic heterocycles. The van der Waals surface area contributed by atoms with Crippen molar-refractivity contribution in [1.29, 1.82) is 0 Å². The lowest BCUT2D eigenvalue weighted by Crippen LogP contribution is -2.42. The maximum absolute atomic E-state index is 13.8. The van der Waals surface area contributed by atoms with Gasteiger partial charge >= 0.3 is 0 Å². The molecule has 6 nitrogen and oxygen atoms in total. The van der Waals surface area contributed by atoms with Crippen molar-refractivity contribution in [2.24, 2.45) is 0 Å². The minimum absolute atomic E-state index is 0.223. The molecular formula is C16H17BrClFN4O2. The van der Waals surface area contributed by atoms with Gasteiger partial charge < -0.3 is 15.7 Å². The monoisotopic (exact) mass is 430 g/mol. The molecule has 3 N–H and O–H groups in total. The fourth-order valence-corrected chi connectivity index (χ4v) is 2.29. The first kappa shape index (κ1) is 19.6. The molecule has 0 spiro atoms. The Labute approximate surface area is 158 Å². The second-order valence-corrected chi connectivity index (χ2v) is 7.08. The number of hydrogen-bond acceptors (Lipinski definition) is 5. The van der Waals surface area contributed by atoms with Crippen LogP contribution in [-0.2, 0) is 0 Å². The third-order valence-electron chi connectivity index (χ3n) is 3.33. The minimum atomic E-state index is -1.60. The van der Waals surface area contributed by atoms with Gasteiger partial charge in [-0.05, 0) is 48.0 Å². The third-order valence-corrected chi connectivity index (χ3v) is 3.99. The average Bonchev–Trinajstić information content (AvgIpc) is 2.53. The van der Waals surface area contributed by atoms with Crippen LogP contribution >= 0.6 is 27.5 Å². The van der Waals surface area contributed by atoms with Gasteiger partial charge in [-0.25, -0.2) is 14.4 Å². The second-order valence-electron chi connectivity index (χ2n) is 5.88. The summed E-state index contributed by atoms with van der Waals surface area (Å²) in [5.41, 5.74) is -0.235. The van der Waals surface area contributed by atoms with Crippen molar-refractivity contribution >= 4 is 44.8 Å². The molecule has 1 atom stereocenters. The molecule has 2 rings (SSSR count). The number of anilines is 2. The highest BCUT2D eigenvalue weighted by Gasteiger charge is 2.27. The van der Waals surface area contributed by atoms with E-state index in [0.29, 0.717) is 21.1 Å². The Morgan fingerprint density at radius 1 is 1.40 bits per heavy atom. The largest absolute Gasteiger partial charge is 0.387 e. The Bertz CT molecular complexity index is 753. The fraction of sp³-hybridized carbons (Fsp3) is 0.312. The Balaban J connectivity index is 2.17. The number of carbonyl (C=O) groups excluding carboxylic acids is 1. The van der Waals surface area contributed by atoms with Crippen LogP contribution in [0.25, 0.3) is 0 Å². The topological polar surface area (TPSA) is 87.1 Å². The molecule has 25 heavy (non-hydrogen) atoms. The van der Waals surface area contributed by atoms with Crippen molar-refractivity contribution in [2.75, 3.05) is 11.9 Å². The number of halogens is 3. The van der Waals surface area contributed by atoms with E-state index in [1.54, 1.807) is 18.2 Å². The maximum atomic E-state index is 13.8. The molecule has 0 aliphatic heterocycles. The normalized spacial score (nSPS) is 12.6. The van der Waals surface area contributed by atoms with E-state index in [1.807, 2.05) is 0 Å². The van der Waals surface area contributed by atoms with Crippen molar-refractivity contribution in [2.45, 2.75) is 25.6 Å². The van der Waals surface area contributed by atoms with Gasteiger partial charge in [0.2, 0.25) is 0 Å². The van der Waals surface area contributed by atoms with Crippen LogP contribution < -0.4 is 10.6 Å². The molecule has 0 aliphatic carbocycles. The first-order chi connectivity index (χ1) is 11.7. The number of carbonyl (C=O) groups is 1. The molecule has 0 bridgehead atoms. The van der Waals surface area contributed by atoms with Gasteiger partial charge in [-0.15, -0.1) is 0 Å². The van der Waals surface area contributed by atoms with Gasteiger partial charge in [0.05, 0.1) is 35.3 Å². The molecule has 0 saturated carbocycles. The molecule has 0 fully saturated rings. The van der Waals surface area contributed by atoms with Crippen molar-refractivity contribution in [3.05, 3.63) is 45.9 Å². The van der Waals surface area contributed by atoms with Crippen LogP contribution in [-0.4, -0.2) is 39.3 Å². The number of aliphatic hydroxyl groups is 1. The summed E-state index contributed by atoms with van der Waals surface area (Å²) in [6.07, 6.45) is 1.28. The van der Waals surface area contributed by atoms with Gasteiger partial charge in [0.15, 0.2) is 0 Å². The lowest BCUT2D eigenvalue weighted by atomic mass is 10.0. The predicted molar refractivity (Wildman–Crippen MR) is 98.0 cm³/mol. The van der Waals surface area contributed by atoms with Gasteiger partial charge in [-0.1, -0.05) is 11.6 Å². The van der Waals surface area contributed by atoms with Crippen LogP contribution in [0.3, 0.4) is 0 Å². The molecule has 1 amide bonds. The molecule has 0 saturated heterocycles. The van der Waals surface area contributed by atoms with E-state index in [4.69, 9.17) is 11.6 Å². The molecule has 2 aromatic rings. The molecule has 0 radical (unpaired) electrons. The van der Waals surface area contributed by atoms with Crippen LogP contribution in [0.1, 0.15) is 24.2 Å². The Morgan fingerprint density at radius 3 is 2.72 bits per heavy atom. The summed E-state index contributed by atoms with van der Waals surface area (Å²) in [4.78, 5) is 20.3. The number of amides is 1. The zero-order chi connectivity index (χ0) is 18.6. The highest BCUT2D eigenvalue weighted by molar-refractivity contribution is 9.10. The zero-order valence-electron chi connectivity index (χ0n) is 13.6. The fourth-order valence-electron chi connectivity index (χ4n) is 1.85. The summed E-state index contributed by atoms with van der Waals surface area (Å²) in [6.45, 7) is 2.36. The van der Waals surface area contributed by atoms with E-state index < -0.39 is 17.7 Å². The summed E-state index contributed by atoms with van der Waals surface area (Å²) in [5, 5.41) is 15.4. The summed E-state index contributed by atoms with van der Waals surface area (Å²) < 4.78 is 14.3. The molecule has 0 aliphatic rings. The van der Waals surface area contributed by atoms with Gasteiger partial charge in [0.1, 0.15) is 15.9 Å². The first-order valence-corrected chi connectivity index (χ1v) is 8.52. The van der Waals surface area contributed by atoms with Gasteiger partial charge in [-0.2, -0.15) is 0 Å². The first-order valence-electron chi connectivity index (χ1n) is 7.35. The van der Waals surface area contributed by atoms with Gasteiger partial charge in [0, 0.05) is 6.20 Å². The predicted octanol–water partition coefficient (Wildman–Crippen LogP) is 3.47. The van der Waals surface area contributed by atoms with Gasteiger partial charge in [-0.3, -0.25) is 4.79 Å². The number of rotatable bonds is 6. The van der Waals surface area contributed by atoms with E-state index in [1.165, 1.54) is 26.2 Å². The molecule has 2 heterocycles. The molecular weight excluding hydrogens is 415 g/mol. The number of nitrogens with one attached hydrogen (secondary N) is 2. The quantitative estimate of drug-likeness (QED) is 0.610. The summed E-state index contributed by atoms with van der Waals surface area (Å²) >= 11 is 9.00.